The van der Waals surface area contributed by atoms with Gasteiger partial charge in [-0.3, -0.25) is 0 Å². The van der Waals surface area contributed by atoms with Gasteiger partial charge in [0.1, 0.15) is 24.4 Å². The van der Waals surface area contributed by atoms with Crippen LogP contribution in [0, 0.1) is 0 Å². The Labute approximate surface area is 147 Å². The Morgan fingerprint density at radius 1 is 1.06 bits per heavy atom. The van der Waals surface area contributed by atoms with E-state index in [2.05, 4.69) is 9.26 Å². The van der Waals surface area contributed by atoms with Crippen molar-refractivity contribution in [3.05, 3.63) is 0 Å². The molecule has 0 aliphatic carbocycles. The Morgan fingerprint density at radius 2 is 1.56 bits per heavy atom. The van der Waals surface area contributed by atoms with Crippen LogP contribution in [0.1, 0.15) is 0 Å². The molecule has 1 rings (SSSR count). The summed E-state index contributed by atoms with van der Waals surface area (Å²) in [5.41, 5.74) is 0. The molecule has 18 heavy (non-hydrogen) atoms. The molecular weight excluding hydrogens is 293 g/mol. The van der Waals surface area contributed by atoms with Crippen LogP contribution in [0.4, 0.5) is 0 Å². The Hall–Kier alpha value is 1.91. The molecule has 0 amide bonds. The Morgan fingerprint density at radius 3 is 2.00 bits per heavy atom. The van der Waals surface area contributed by atoms with Gasteiger partial charge in [0, 0.05) is 0 Å². The Bertz CT molecular complexity index is 286. The number of hydrogen-bond acceptors (Lipinski definition) is 9. The summed E-state index contributed by atoms with van der Waals surface area (Å²) in [6.07, 6.45) is -8.35. The van der Waals surface area contributed by atoms with E-state index in [4.69, 9.17) is 10.2 Å². The molecule has 1 saturated heterocycles. The van der Waals surface area contributed by atoms with Crippen molar-refractivity contribution in [2.24, 2.45) is 0 Å². The van der Waals surface area contributed by atoms with E-state index in [-0.39, 0.29) is 59.1 Å². The maximum Gasteiger partial charge on any atom is 1.00 e. The molecule has 0 spiro atoms. The molecule has 12 heteroatoms. The summed E-state index contributed by atoms with van der Waals surface area (Å²) < 4.78 is 18.5. The van der Waals surface area contributed by atoms with Crippen molar-refractivity contribution in [2.45, 2.75) is 30.7 Å². The van der Waals surface area contributed by atoms with Crippen LogP contribution in [0.25, 0.3) is 0 Å². The third-order valence-electron chi connectivity index (χ3n) is 2.08. The fourth-order valence-electron chi connectivity index (χ4n) is 1.23. The van der Waals surface area contributed by atoms with E-state index in [1.807, 2.05) is 0 Å². The molecule has 96 valence electrons. The van der Waals surface area contributed by atoms with E-state index in [0.717, 1.165) is 0 Å². The molecule has 1 aliphatic heterocycles. The molecule has 1 aliphatic rings. The summed E-state index contributed by atoms with van der Waals surface area (Å²) >= 11 is 0. The zero-order valence-electron chi connectivity index (χ0n) is 9.87. The Kier molecular flexibility index (Phi) is 11.1. The molecule has 1 heterocycles. The van der Waals surface area contributed by atoms with E-state index in [0.29, 0.717) is 0 Å². The molecule has 5 atom stereocenters. The van der Waals surface area contributed by atoms with Crippen molar-refractivity contribution in [3.8, 4) is 0 Å². The second-order valence-electron chi connectivity index (χ2n) is 3.28. The van der Waals surface area contributed by atoms with Gasteiger partial charge in [-0.2, -0.15) is 0 Å². The first-order valence-corrected chi connectivity index (χ1v) is 5.73. The smallest absolute Gasteiger partial charge is 0.790 e. The number of hydrogen-bond donors (Lipinski definition) is 4. The van der Waals surface area contributed by atoms with Crippen LogP contribution in [0.15, 0.2) is 0 Å². The van der Waals surface area contributed by atoms with Gasteiger partial charge in [0.2, 0.25) is 0 Å². The van der Waals surface area contributed by atoms with Crippen LogP contribution in [0.2, 0.25) is 0 Å². The SMILES string of the molecule is O=P([O-])([O-])OC[C@@H]1OC(O)[C@@H](O)[C@H](O)[C@H]1O.[Na+].[Na+]. The second kappa shape index (κ2) is 9.04. The van der Waals surface area contributed by atoms with Crippen molar-refractivity contribution in [2.75, 3.05) is 6.61 Å². The zero-order valence-corrected chi connectivity index (χ0v) is 14.8. The molecule has 9 nitrogen and oxygen atoms in total. The fraction of sp³-hybridized carbons (Fsp3) is 1.00. The summed E-state index contributed by atoms with van der Waals surface area (Å²) in [4.78, 5) is 20.3. The molecule has 0 radical (unpaired) electrons. The number of ether oxygens (including phenoxy) is 1. The predicted octanol–water partition coefficient (Wildman–Crippen LogP) is -10.4. The predicted molar refractivity (Wildman–Crippen MR) is 42.5 cm³/mol. The minimum atomic E-state index is -5.23. The summed E-state index contributed by atoms with van der Waals surface area (Å²) in [6.45, 7) is -0.855. The van der Waals surface area contributed by atoms with E-state index in [1.165, 1.54) is 0 Å². The maximum absolute atomic E-state index is 10.1. The van der Waals surface area contributed by atoms with Gasteiger partial charge in [-0.1, -0.05) is 0 Å². The van der Waals surface area contributed by atoms with Gasteiger partial charge in [0.25, 0.3) is 0 Å². The molecule has 0 aromatic carbocycles. The summed E-state index contributed by atoms with van der Waals surface area (Å²) in [6, 6.07) is 0. The summed E-state index contributed by atoms with van der Waals surface area (Å²) in [7, 11) is -5.23. The molecule has 0 aromatic rings. The van der Waals surface area contributed by atoms with Crippen LogP contribution < -0.4 is 68.9 Å². The van der Waals surface area contributed by atoms with Crippen LogP contribution in [0.5, 0.6) is 0 Å². The minimum Gasteiger partial charge on any atom is -0.790 e. The van der Waals surface area contributed by atoms with Crippen molar-refractivity contribution in [3.63, 3.8) is 0 Å². The van der Waals surface area contributed by atoms with E-state index >= 15 is 0 Å². The third-order valence-corrected chi connectivity index (χ3v) is 2.55. The van der Waals surface area contributed by atoms with Crippen molar-refractivity contribution in [1.82, 2.24) is 0 Å². The van der Waals surface area contributed by atoms with E-state index < -0.39 is 45.1 Å². The van der Waals surface area contributed by atoms with Gasteiger partial charge in [-0.15, -0.1) is 0 Å². The van der Waals surface area contributed by atoms with Crippen LogP contribution >= 0.6 is 7.82 Å². The van der Waals surface area contributed by atoms with Crippen LogP contribution in [0.3, 0.4) is 0 Å². The zero-order chi connectivity index (χ0) is 12.5. The number of phosphoric acid groups is 1. The van der Waals surface area contributed by atoms with Crippen LogP contribution in [-0.2, 0) is 13.8 Å². The average Bonchev–Trinajstić information content (AvgIpc) is 2.17. The number of rotatable bonds is 3. The van der Waals surface area contributed by atoms with Crippen molar-refractivity contribution in [1.29, 1.82) is 0 Å². The van der Waals surface area contributed by atoms with Crippen molar-refractivity contribution >= 4 is 7.82 Å². The summed E-state index contributed by atoms with van der Waals surface area (Å²) in [5.74, 6) is 0. The first kappa shape index (κ1) is 22.2. The first-order valence-electron chi connectivity index (χ1n) is 4.26. The van der Waals surface area contributed by atoms with Crippen LogP contribution in [-0.4, -0.2) is 57.7 Å². The molecule has 0 aromatic heterocycles. The molecule has 1 unspecified atom stereocenters. The molecule has 0 bridgehead atoms. The Balaban J connectivity index is 0. The van der Waals surface area contributed by atoms with Crippen molar-refractivity contribution < 1.29 is 103 Å². The van der Waals surface area contributed by atoms with Gasteiger partial charge < -0.3 is 44.0 Å². The third kappa shape index (κ3) is 6.57. The monoisotopic (exact) mass is 304 g/mol. The topological polar surface area (TPSA) is 163 Å². The van der Waals surface area contributed by atoms with Gasteiger partial charge in [0.05, 0.1) is 14.4 Å². The van der Waals surface area contributed by atoms with Gasteiger partial charge in [-0.25, -0.2) is 0 Å². The van der Waals surface area contributed by atoms with Gasteiger partial charge >= 0.3 is 59.1 Å². The minimum absolute atomic E-state index is 0. The molecule has 1 fully saturated rings. The summed E-state index contributed by atoms with van der Waals surface area (Å²) in [5, 5.41) is 36.6. The van der Waals surface area contributed by atoms with Gasteiger partial charge in [0.15, 0.2) is 6.29 Å². The quantitative estimate of drug-likeness (QED) is 0.293. The number of aliphatic hydroxyl groups is 4. The second-order valence-corrected chi connectivity index (χ2v) is 4.43. The molecule has 0 saturated carbocycles. The largest absolute Gasteiger partial charge is 1.00 e. The average molecular weight is 304 g/mol. The first-order chi connectivity index (χ1) is 7.22. The number of phosphoric ester groups is 1. The van der Waals surface area contributed by atoms with E-state index in [9.17, 15) is 24.6 Å². The molecule has 4 N–H and O–H groups in total. The van der Waals surface area contributed by atoms with E-state index in [1.54, 1.807) is 0 Å². The number of aliphatic hydroxyl groups excluding tert-OH is 4. The maximum atomic E-state index is 10.1. The standard InChI is InChI=1S/C6H13O9P.2Na/c7-3-2(1-14-16(11,12)13)15-6(10)5(9)4(3)8;;/h2-10H,1H2,(H2,11,12,13);;/q;2*+1/p-2/t2-,3-,4+,5-,6?;;/m0../s1. The fourth-order valence-corrected chi connectivity index (χ4v) is 1.56. The normalized spacial score (nSPS) is 36.4. The molecular formula is C6H11Na2O9P. The van der Waals surface area contributed by atoms with Gasteiger partial charge in [-0.05, 0) is 0 Å².